The van der Waals surface area contributed by atoms with Crippen molar-refractivity contribution in [3.63, 3.8) is 0 Å². The average Bonchev–Trinajstić information content (AvgIpc) is 3.09. The molecule has 7 nitrogen and oxygen atoms in total. The molecule has 0 saturated carbocycles. The van der Waals surface area contributed by atoms with E-state index in [2.05, 4.69) is 34.2 Å². The molecule has 0 spiro atoms. The normalized spacial score (nSPS) is 16.0. The van der Waals surface area contributed by atoms with Gasteiger partial charge < -0.3 is 14.7 Å². The largest absolute Gasteiger partial charge is 0.356 e. The molecule has 1 unspecified atom stereocenters. The number of piperidine rings is 1. The second kappa shape index (κ2) is 8.47. The third-order valence-corrected chi connectivity index (χ3v) is 5.02. The zero-order valence-electron chi connectivity index (χ0n) is 16.0. The van der Waals surface area contributed by atoms with E-state index in [9.17, 15) is 4.79 Å². The van der Waals surface area contributed by atoms with Crippen molar-refractivity contribution in [3.8, 4) is 0 Å². The van der Waals surface area contributed by atoms with Crippen LogP contribution in [0.4, 0.5) is 5.82 Å². The second-order valence-electron chi connectivity index (χ2n) is 7.05. The number of hydrogen-bond donors (Lipinski definition) is 1. The lowest BCUT2D eigenvalue weighted by Gasteiger charge is -2.28. The lowest BCUT2D eigenvalue weighted by Crippen LogP contribution is -2.32. The first-order chi connectivity index (χ1) is 12.6. The zero-order valence-corrected chi connectivity index (χ0v) is 16.0. The van der Waals surface area contributed by atoms with Gasteiger partial charge in [0.15, 0.2) is 0 Å². The van der Waals surface area contributed by atoms with Gasteiger partial charge in [0.05, 0.1) is 5.69 Å². The highest BCUT2D eigenvalue weighted by Crippen LogP contribution is 2.29. The number of aromatic nitrogens is 3. The first-order valence-corrected chi connectivity index (χ1v) is 9.81. The van der Waals surface area contributed by atoms with Crippen LogP contribution in [0.3, 0.4) is 0 Å². The molecular formula is C19H29N5O2. The summed E-state index contributed by atoms with van der Waals surface area (Å²) in [6, 6.07) is 0.191. The number of nitrogens with zero attached hydrogens (tertiary/aromatic N) is 4. The number of nitrogens with one attached hydrogen (secondary N) is 1. The lowest BCUT2D eigenvalue weighted by molar-refractivity contribution is -0.121. The Kier molecular flexibility index (Phi) is 6.06. The van der Waals surface area contributed by atoms with E-state index in [1.54, 1.807) is 0 Å². The minimum atomic E-state index is 0.0365. The van der Waals surface area contributed by atoms with Crippen LogP contribution in [-0.4, -0.2) is 40.2 Å². The van der Waals surface area contributed by atoms with E-state index in [0.717, 1.165) is 42.8 Å². The van der Waals surface area contributed by atoms with Gasteiger partial charge in [-0.1, -0.05) is 19.0 Å². The van der Waals surface area contributed by atoms with Gasteiger partial charge in [-0.05, 0) is 39.0 Å². The molecule has 7 heteroatoms. The van der Waals surface area contributed by atoms with Crippen molar-refractivity contribution in [2.24, 2.45) is 0 Å². The predicted octanol–water partition coefficient (Wildman–Crippen LogP) is 3.02. The summed E-state index contributed by atoms with van der Waals surface area (Å²) in [7, 11) is 0. The Bertz CT molecular complexity index is 752. The third kappa shape index (κ3) is 4.14. The van der Waals surface area contributed by atoms with E-state index < -0.39 is 0 Å². The number of amides is 1. The Morgan fingerprint density at radius 3 is 2.69 bits per heavy atom. The quantitative estimate of drug-likeness (QED) is 0.818. The molecule has 1 fully saturated rings. The summed E-state index contributed by atoms with van der Waals surface area (Å²) in [5, 5.41) is 8.09. The number of carbonyl (C=O) groups is 1. The number of fused-ring (bicyclic) bond motifs is 1. The van der Waals surface area contributed by atoms with Crippen LogP contribution in [0.25, 0.3) is 11.1 Å². The molecule has 26 heavy (non-hydrogen) atoms. The van der Waals surface area contributed by atoms with Crippen molar-refractivity contribution in [2.75, 3.05) is 18.0 Å². The molecule has 3 rings (SSSR count). The highest BCUT2D eigenvalue weighted by molar-refractivity contribution is 5.88. The minimum Gasteiger partial charge on any atom is -0.356 e. The van der Waals surface area contributed by atoms with Crippen molar-refractivity contribution in [1.29, 1.82) is 0 Å². The predicted molar refractivity (Wildman–Crippen MR) is 101 cm³/mol. The summed E-state index contributed by atoms with van der Waals surface area (Å²) >= 11 is 0. The maximum Gasteiger partial charge on any atom is 0.263 e. The standard InChI is InChI=1S/C19H29N5O2/c1-4-13(3)20-16(25)10-9-15-21-18(24-11-7-6-8-12-24)17-14(5-2)23-26-19(17)22-15/h13H,4-12H2,1-3H3,(H,20,25). The van der Waals surface area contributed by atoms with Crippen molar-refractivity contribution in [3.05, 3.63) is 11.5 Å². The number of anilines is 1. The van der Waals surface area contributed by atoms with Crippen molar-refractivity contribution in [2.45, 2.75) is 71.8 Å². The summed E-state index contributed by atoms with van der Waals surface area (Å²) < 4.78 is 5.47. The van der Waals surface area contributed by atoms with Crippen LogP contribution in [0.1, 0.15) is 64.4 Å². The van der Waals surface area contributed by atoms with E-state index in [4.69, 9.17) is 9.51 Å². The smallest absolute Gasteiger partial charge is 0.263 e. The van der Waals surface area contributed by atoms with E-state index in [0.29, 0.717) is 24.4 Å². The van der Waals surface area contributed by atoms with Gasteiger partial charge in [-0.2, -0.15) is 4.98 Å². The van der Waals surface area contributed by atoms with Crippen LogP contribution >= 0.6 is 0 Å². The molecule has 1 atom stereocenters. The van der Waals surface area contributed by atoms with Crippen LogP contribution in [0.15, 0.2) is 4.52 Å². The Hall–Kier alpha value is -2.18. The minimum absolute atomic E-state index is 0.0365. The topological polar surface area (TPSA) is 84.1 Å². The van der Waals surface area contributed by atoms with Crippen LogP contribution in [0, 0.1) is 0 Å². The average molecular weight is 359 g/mol. The molecule has 1 amide bonds. The summed E-state index contributed by atoms with van der Waals surface area (Å²) in [5.41, 5.74) is 1.44. The first kappa shape index (κ1) is 18.6. The molecule has 2 aromatic heterocycles. The number of aryl methyl sites for hydroxylation is 2. The number of rotatable bonds is 7. The van der Waals surface area contributed by atoms with Gasteiger partial charge in [0.2, 0.25) is 5.91 Å². The molecule has 3 heterocycles. The highest BCUT2D eigenvalue weighted by atomic mass is 16.5. The molecule has 2 aromatic rings. The fraction of sp³-hybridized carbons (Fsp3) is 0.684. The Morgan fingerprint density at radius 1 is 1.23 bits per heavy atom. The molecule has 1 N–H and O–H groups in total. The molecular weight excluding hydrogens is 330 g/mol. The van der Waals surface area contributed by atoms with Gasteiger partial charge in [0.25, 0.3) is 5.71 Å². The van der Waals surface area contributed by atoms with Crippen molar-refractivity contribution < 1.29 is 9.32 Å². The summed E-state index contributed by atoms with van der Waals surface area (Å²) in [6.45, 7) is 8.12. The maximum absolute atomic E-state index is 12.1. The first-order valence-electron chi connectivity index (χ1n) is 9.81. The lowest BCUT2D eigenvalue weighted by atomic mass is 10.1. The SMILES string of the molecule is CCc1noc2nc(CCC(=O)NC(C)CC)nc(N3CCCCC3)c12. The number of carbonyl (C=O) groups excluding carboxylic acids is 1. The molecule has 0 aliphatic carbocycles. The van der Waals surface area contributed by atoms with Crippen LogP contribution in [0.5, 0.6) is 0 Å². The molecule has 0 bridgehead atoms. The monoisotopic (exact) mass is 359 g/mol. The molecule has 142 valence electrons. The van der Waals surface area contributed by atoms with Gasteiger partial charge in [-0.3, -0.25) is 4.79 Å². The van der Waals surface area contributed by atoms with Crippen LogP contribution < -0.4 is 10.2 Å². The van der Waals surface area contributed by atoms with Gasteiger partial charge in [-0.25, -0.2) is 4.98 Å². The van der Waals surface area contributed by atoms with E-state index in [1.165, 1.54) is 19.3 Å². The molecule has 0 aromatic carbocycles. The van der Waals surface area contributed by atoms with Crippen LogP contribution in [-0.2, 0) is 17.6 Å². The molecule has 1 saturated heterocycles. The van der Waals surface area contributed by atoms with Crippen molar-refractivity contribution >= 4 is 22.8 Å². The Balaban J connectivity index is 1.83. The Labute approximate surface area is 154 Å². The summed E-state index contributed by atoms with van der Waals surface area (Å²) in [5.74, 6) is 1.61. The van der Waals surface area contributed by atoms with Gasteiger partial charge >= 0.3 is 0 Å². The molecule has 1 aliphatic rings. The summed E-state index contributed by atoms with van der Waals surface area (Å²) in [4.78, 5) is 23.7. The summed E-state index contributed by atoms with van der Waals surface area (Å²) in [6.07, 6.45) is 6.19. The highest BCUT2D eigenvalue weighted by Gasteiger charge is 2.22. The molecule has 1 aliphatic heterocycles. The molecule has 0 radical (unpaired) electrons. The third-order valence-electron chi connectivity index (χ3n) is 5.02. The van der Waals surface area contributed by atoms with Crippen molar-refractivity contribution in [1.82, 2.24) is 20.4 Å². The van der Waals surface area contributed by atoms with E-state index in [1.807, 2.05) is 6.92 Å². The fourth-order valence-corrected chi connectivity index (χ4v) is 3.30. The number of hydrogen-bond acceptors (Lipinski definition) is 6. The van der Waals surface area contributed by atoms with Gasteiger partial charge in [0, 0.05) is 32.0 Å². The zero-order chi connectivity index (χ0) is 18.5. The second-order valence-corrected chi connectivity index (χ2v) is 7.05. The Morgan fingerprint density at radius 2 is 2.00 bits per heavy atom. The van der Waals surface area contributed by atoms with E-state index >= 15 is 0 Å². The van der Waals surface area contributed by atoms with Gasteiger partial charge in [-0.15, -0.1) is 0 Å². The fourth-order valence-electron chi connectivity index (χ4n) is 3.30. The maximum atomic E-state index is 12.1. The van der Waals surface area contributed by atoms with E-state index in [-0.39, 0.29) is 11.9 Å². The van der Waals surface area contributed by atoms with Gasteiger partial charge in [0.1, 0.15) is 17.0 Å². The van der Waals surface area contributed by atoms with Crippen LogP contribution in [0.2, 0.25) is 0 Å².